The molecule has 0 bridgehead atoms. The smallest absolute Gasteiger partial charge is 0.236 e. The van der Waals surface area contributed by atoms with E-state index in [1.165, 1.54) is 0 Å². The van der Waals surface area contributed by atoms with Crippen molar-refractivity contribution in [3.8, 4) is 0 Å². The molecule has 0 unspecified atom stereocenters. The molecule has 0 fully saturated rings. The molecule has 0 aromatic carbocycles. The maximum atomic E-state index is 11.8. The maximum Gasteiger partial charge on any atom is 0.236 e. The first-order chi connectivity index (χ1) is 7.47. The van der Waals surface area contributed by atoms with Crippen molar-refractivity contribution in [3.05, 3.63) is 0 Å². The average molecular weight is 265 g/mol. The van der Waals surface area contributed by atoms with Gasteiger partial charge in [0.2, 0.25) is 5.91 Å². The molecule has 0 spiro atoms. The Bertz CT molecular complexity index is 184. The van der Waals surface area contributed by atoms with Gasteiger partial charge in [0, 0.05) is 13.1 Å². The molecule has 0 saturated heterocycles. The van der Waals surface area contributed by atoms with Crippen LogP contribution < -0.4 is 5.32 Å². The van der Waals surface area contributed by atoms with Crippen molar-refractivity contribution < 1.29 is 4.79 Å². The van der Waals surface area contributed by atoms with E-state index in [4.69, 9.17) is 0 Å². The highest BCUT2D eigenvalue weighted by molar-refractivity contribution is 5.85. The number of nitrogens with zero attached hydrogens (tertiary/aromatic N) is 1. The van der Waals surface area contributed by atoms with E-state index in [1.807, 2.05) is 11.9 Å². The molecule has 0 aliphatic heterocycles. The van der Waals surface area contributed by atoms with E-state index in [0.717, 1.165) is 25.9 Å². The molecule has 1 amide bonds. The zero-order valence-corrected chi connectivity index (χ0v) is 12.8. The summed E-state index contributed by atoms with van der Waals surface area (Å²) in [5.41, 5.74) is 0. The monoisotopic (exact) mass is 264 g/mol. The lowest BCUT2D eigenvalue weighted by atomic mass is 10.1. The SMILES string of the molecule is CNCC(=O)N(CCC(C)C)CCC(C)C.Cl. The highest BCUT2D eigenvalue weighted by Gasteiger charge is 2.13. The molecule has 3 nitrogen and oxygen atoms in total. The largest absolute Gasteiger partial charge is 0.342 e. The van der Waals surface area contributed by atoms with Gasteiger partial charge in [-0.25, -0.2) is 0 Å². The Morgan fingerprint density at radius 3 is 1.76 bits per heavy atom. The number of hydrogen-bond donors (Lipinski definition) is 1. The van der Waals surface area contributed by atoms with Crippen LogP contribution in [0.1, 0.15) is 40.5 Å². The minimum atomic E-state index is 0. The third kappa shape index (κ3) is 10.6. The molecule has 0 heterocycles. The van der Waals surface area contributed by atoms with Crippen LogP contribution in [0.2, 0.25) is 0 Å². The fraction of sp³-hybridized carbons (Fsp3) is 0.923. The van der Waals surface area contributed by atoms with Crippen LogP contribution in [0.15, 0.2) is 0 Å². The second-order valence-electron chi connectivity index (χ2n) is 5.28. The number of hydrogen-bond acceptors (Lipinski definition) is 2. The predicted octanol–water partition coefficient (Wildman–Crippen LogP) is 2.55. The lowest BCUT2D eigenvalue weighted by Gasteiger charge is -2.24. The normalized spacial score (nSPS) is 10.5. The minimum absolute atomic E-state index is 0. The molecule has 0 atom stereocenters. The van der Waals surface area contributed by atoms with Gasteiger partial charge in [-0.15, -0.1) is 12.4 Å². The lowest BCUT2D eigenvalue weighted by Crippen LogP contribution is -2.39. The van der Waals surface area contributed by atoms with Gasteiger partial charge in [-0.05, 0) is 31.7 Å². The van der Waals surface area contributed by atoms with E-state index >= 15 is 0 Å². The van der Waals surface area contributed by atoms with E-state index in [-0.39, 0.29) is 18.3 Å². The second kappa shape index (κ2) is 10.8. The summed E-state index contributed by atoms with van der Waals surface area (Å²) < 4.78 is 0. The zero-order chi connectivity index (χ0) is 12.6. The van der Waals surface area contributed by atoms with Crippen LogP contribution in [0, 0.1) is 11.8 Å². The molecule has 0 aromatic heterocycles. The van der Waals surface area contributed by atoms with Crippen LogP contribution in [-0.4, -0.2) is 37.5 Å². The molecule has 0 aliphatic rings. The fourth-order valence-electron chi connectivity index (χ4n) is 1.45. The molecular weight excluding hydrogens is 236 g/mol. The van der Waals surface area contributed by atoms with Crippen molar-refractivity contribution in [2.45, 2.75) is 40.5 Å². The van der Waals surface area contributed by atoms with Gasteiger partial charge in [-0.2, -0.15) is 0 Å². The van der Waals surface area contributed by atoms with Crippen LogP contribution in [0.25, 0.3) is 0 Å². The van der Waals surface area contributed by atoms with Gasteiger partial charge in [0.25, 0.3) is 0 Å². The van der Waals surface area contributed by atoms with Crippen molar-refractivity contribution in [2.24, 2.45) is 11.8 Å². The van der Waals surface area contributed by atoms with Gasteiger partial charge < -0.3 is 10.2 Å². The summed E-state index contributed by atoms with van der Waals surface area (Å²) in [4.78, 5) is 13.8. The van der Waals surface area contributed by atoms with E-state index < -0.39 is 0 Å². The maximum absolute atomic E-state index is 11.8. The molecule has 4 heteroatoms. The van der Waals surface area contributed by atoms with Gasteiger partial charge in [-0.3, -0.25) is 4.79 Å². The zero-order valence-electron chi connectivity index (χ0n) is 12.0. The van der Waals surface area contributed by atoms with Crippen LogP contribution in [0.3, 0.4) is 0 Å². The number of likely N-dealkylation sites (N-methyl/N-ethyl adjacent to an activating group) is 1. The van der Waals surface area contributed by atoms with E-state index in [1.54, 1.807) is 0 Å². The summed E-state index contributed by atoms with van der Waals surface area (Å²) in [6.07, 6.45) is 2.18. The fourth-order valence-corrected chi connectivity index (χ4v) is 1.45. The van der Waals surface area contributed by atoms with Crippen LogP contribution in [0.4, 0.5) is 0 Å². The van der Waals surface area contributed by atoms with Gasteiger partial charge in [0.05, 0.1) is 6.54 Å². The van der Waals surface area contributed by atoms with Crippen molar-refractivity contribution in [1.82, 2.24) is 10.2 Å². The Hall–Kier alpha value is -0.280. The first kappa shape index (κ1) is 19.1. The van der Waals surface area contributed by atoms with Crippen molar-refractivity contribution >= 4 is 18.3 Å². The van der Waals surface area contributed by atoms with Crippen LogP contribution in [-0.2, 0) is 4.79 Å². The standard InChI is InChI=1S/C13H28N2O.ClH/c1-11(2)6-8-15(9-7-12(3)4)13(16)10-14-5;/h11-12,14H,6-10H2,1-5H3;1H. The van der Waals surface area contributed by atoms with E-state index in [0.29, 0.717) is 18.4 Å². The molecule has 0 radical (unpaired) electrons. The summed E-state index contributed by atoms with van der Waals surface area (Å²) in [6.45, 7) is 11.0. The Morgan fingerprint density at radius 2 is 1.47 bits per heavy atom. The summed E-state index contributed by atoms with van der Waals surface area (Å²) >= 11 is 0. The molecule has 1 N–H and O–H groups in total. The molecule has 17 heavy (non-hydrogen) atoms. The number of carbonyl (C=O) groups is 1. The van der Waals surface area contributed by atoms with Gasteiger partial charge in [0.1, 0.15) is 0 Å². The van der Waals surface area contributed by atoms with Crippen molar-refractivity contribution in [2.75, 3.05) is 26.7 Å². The Balaban J connectivity index is 0. The summed E-state index contributed by atoms with van der Waals surface area (Å²) in [7, 11) is 1.82. The highest BCUT2D eigenvalue weighted by Crippen LogP contribution is 2.06. The number of carbonyl (C=O) groups excluding carboxylic acids is 1. The summed E-state index contributed by atoms with van der Waals surface area (Å²) in [6, 6.07) is 0. The third-order valence-corrected chi connectivity index (χ3v) is 2.63. The second-order valence-corrected chi connectivity index (χ2v) is 5.28. The van der Waals surface area contributed by atoms with Crippen LogP contribution >= 0.6 is 12.4 Å². The van der Waals surface area contributed by atoms with Gasteiger partial charge in [-0.1, -0.05) is 27.7 Å². The number of nitrogens with one attached hydrogen (secondary N) is 1. The molecular formula is C13H29ClN2O. The first-order valence-electron chi connectivity index (χ1n) is 6.39. The average Bonchev–Trinajstić information content (AvgIpc) is 2.17. The quantitative estimate of drug-likeness (QED) is 0.731. The lowest BCUT2D eigenvalue weighted by molar-refractivity contribution is -0.130. The topological polar surface area (TPSA) is 32.3 Å². The summed E-state index contributed by atoms with van der Waals surface area (Å²) in [5, 5.41) is 2.93. The molecule has 104 valence electrons. The highest BCUT2D eigenvalue weighted by atomic mass is 35.5. The number of halogens is 1. The Labute approximate surface area is 113 Å². The Morgan fingerprint density at radius 1 is 1.06 bits per heavy atom. The van der Waals surface area contributed by atoms with E-state index in [2.05, 4.69) is 33.0 Å². The number of amides is 1. The van der Waals surface area contributed by atoms with Gasteiger partial charge in [0.15, 0.2) is 0 Å². The predicted molar refractivity (Wildman–Crippen MR) is 76.7 cm³/mol. The first-order valence-corrected chi connectivity index (χ1v) is 6.39. The van der Waals surface area contributed by atoms with Crippen LogP contribution in [0.5, 0.6) is 0 Å². The molecule has 0 rings (SSSR count). The number of rotatable bonds is 8. The van der Waals surface area contributed by atoms with Crippen molar-refractivity contribution in [1.29, 1.82) is 0 Å². The van der Waals surface area contributed by atoms with Gasteiger partial charge >= 0.3 is 0 Å². The molecule has 0 aromatic rings. The molecule has 0 saturated carbocycles. The molecule has 0 aliphatic carbocycles. The van der Waals surface area contributed by atoms with E-state index in [9.17, 15) is 4.79 Å². The third-order valence-electron chi connectivity index (χ3n) is 2.63. The Kier molecular flexibility index (Phi) is 12.2. The minimum Gasteiger partial charge on any atom is -0.342 e. The summed E-state index contributed by atoms with van der Waals surface area (Å²) in [5.74, 6) is 1.54. The van der Waals surface area contributed by atoms with Crippen molar-refractivity contribution in [3.63, 3.8) is 0 Å².